The second-order valence-corrected chi connectivity index (χ2v) is 8.90. The van der Waals surface area contributed by atoms with Gasteiger partial charge in [-0.1, -0.05) is 35.6 Å². The zero-order valence-electron chi connectivity index (χ0n) is 15.9. The summed E-state index contributed by atoms with van der Waals surface area (Å²) in [4.78, 5) is 19.6. The van der Waals surface area contributed by atoms with Gasteiger partial charge in [-0.15, -0.1) is 11.8 Å². The highest BCUT2D eigenvalue weighted by molar-refractivity contribution is 7.99. The van der Waals surface area contributed by atoms with Gasteiger partial charge in [0.05, 0.1) is 40.3 Å². The van der Waals surface area contributed by atoms with Crippen LogP contribution in [0.3, 0.4) is 0 Å². The lowest BCUT2D eigenvalue weighted by molar-refractivity contribution is -0.116. The maximum absolute atomic E-state index is 13.1. The summed E-state index contributed by atoms with van der Waals surface area (Å²) in [5.41, 5.74) is 2.67. The molecule has 1 aliphatic rings. The minimum Gasteiger partial charge on any atom is -0.376 e. The molecule has 0 radical (unpaired) electrons. The van der Waals surface area contributed by atoms with E-state index in [0.717, 1.165) is 46.1 Å². The van der Waals surface area contributed by atoms with Gasteiger partial charge in [-0.3, -0.25) is 9.69 Å². The average molecular weight is 424 g/mol. The number of rotatable bonds is 7. The number of benzene rings is 2. The number of thioether (sulfide) groups is 1. The number of fused-ring (bicyclic) bond motifs is 1. The number of thiazole rings is 1. The van der Waals surface area contributed by atoms with Crippen LogP contribution in [0.2, 0.25) is 0 Å². The number of para-hydroxylation sites is 1. The van der Waals surface area contributed by atoms with E-state index in [-0.39, 0.29) is 12.0 Å². The first-order chi connectivity index (χ1) is 14.2. The van der Waals surface area contributed by atoms with Gasteiger partial charge in [0.2, 0.25) is 5.91 Å². The fourth-order valence-corrected chi connectivity index (χ4v) is 5.12. The van der Waals surface area contributed by atoms with Gasteiger partial charge in [0.15, 0.2) is 5.13 Å². The molecule has 1 atom stereocenters. The van der Waals surface area contributed by atoms with Gasteiger partial charge in [-0.05, 0) is 42.7 Å². The number of ether oxygens (including phenoxy) is 1. The first-order valence-electron chi connectivity index (χ1n) is 9.57. The van der Waals surface area contributed by atoms with Crippen molar-refractivity contribution in [1.29, 1.82) is 5.26 Å². The molecule has 0 N–H and O–H groups in total. The van der Waals surface area contributed by atoms with Gasteiger partial charge in [-0.25, -0.2) is 4.98 Å². The maximum Gasteiger partial charge on any atom is 0.238 e. The number of amides is 1. The van der Waals surface area contributed by atoms with Crippen LogP contribution in [0, 0.1) is 11.3 Å². The third kappa shape index (κ3) is 4.96. The van der Waals surface area contributed by atoms with Gasteiger partial charge in [0.1, 0.15) is 0 Å². The third-order valence-corrected chi connectivity index (χ3v) is 6.85. The second kappa shape index (κ2) is 9.40. The molecule has 5 nitrogen and oxygen atoms in total. The third-order valence-electron chi connectivity index (χ3n) is 4.80. The maximum atomic E-state index is 13.1. The van der Waals surface area contributed by atoms with Crippen LogP contribution >= 0.6 is 23.1 Å². The monoisotopic (exact) mass is 423 g/mol. The first-order valence-corrected chi connectivity index (χ1v) is 11.5. The summed E-state index contributed by atoms with van der Waals surface area (Å²) in [7, 11) is 0. The van der Waals surface area contributed by atoms with E-state index >= 15 is 0 Å². The molecule has 0 saturated carbocycles. The highest BCUT2D eigenvalue weighted by atomic mass is 32.2. The molecule has 3 aromatic rings. The highest BCUT2D eigenvalue weighted by Crippen LogP contribution is 2.30. The summed E-state index contributed by atoms with van der Waals surface area (Å²) < 4.78 is 6.86. The number of hydrogen-bond donors (Lipinski definition) is 0. The molecule has 2 aromatic carbocycles. The van der Waals surface area contributed by atoms with Gasteiger partial charge in [0.25, 0.3) is 0 Å². The number of hydrogen-bond acceptors (Lipinski definition) is 6. The van der Waals surface area contributed by atoms with Crippen LogP contribution in [-0.4, -0.2) is 35.9 Å². The lowest BCUT2D eigenvalue weighted by atomic mass is 10.2. The fourth-order valence-electron chi connectivity index (χ4n) is 3.26. The molecule has 2 heterocycles. The van der Waals surface area contributed by atoms with Gasteiger partial charge in [-0.2, -0.15) is 5.26 Å². The molecule has 0 unspecified atom stereocenters. The van der Waals surface area contributed by atoms with Gasteiger partial charge >= 0.3 is 0 Å². The Labute approximate surface area is 178 Å². The second-order valence-electron chi connectivity index (χ2n) is 6.91. The lowest BCUT2D eigenvalue weighted by Gasteiger charge is -2.23. The Morgan fingerprint density at radius 2 is 2.10 bits per heavy atom. The van der Waals surface area contributed by atoms with Crippen molar-refractivity contribution in [3.05, 3.63) is 59.7 Å². The number of nitriles is 1. The number of aromatic nitrogens is 1. The van der Waals surface area contributed by atoms with Crippen molar-refractivity contribution in [1.82, 2.24) is 4.98 Å². The quantitative estimate of drug-likeness (QED) is 0.555. The van der Waals surface area contributed by atoms with E-state index in [0.29, 0.717) is 17.9 Å². The molecule has 1 fully saturated rings. The molecule has 4 rings (SSSR count). The van der Waals surface area contributed by atoms with E-state index in [1.807, 2.05) is 48.5 Å². The van der Waals surface area contributed by atoms with Crippen LogP contribution in [0.15, 0.2) is 48.5 Å². The normalized spacial score (nSPS) is 16.0. The summed E-state index contributed by atoms with van der Waals surface area (Å²) in [6.07, 6.45) is 2.10. The molecule has 148 valence electrons. The van der Waals surface area contributed by atoms with Crippen molar-refractivity contribution in [2.45, 2.75) is 24.7 Å². The summed E-state index contributed by atoms with van der Waals surface area (Å²) in [6.45, 7) is 1.32. The van der Waals surface area contributed by atoms with Crippen molar-refractivity contribution in [2.75, 3.05) is 23.8 Å². The Morgan fingerprint density at radius 3 is 2.83 bits per heavy atom. The summed E-state index contributed by atoms with van der Waals surface area (Å²) in [6, 6.07) is 17.6. The summed E-state index contributed by atoms with van der Waals surface area (Å²) in [5, 5.41) is 9.64. The van der Waals surface area contributed by atoms with E-state index < -0.39 is 0 Å². The van der Waals surface area contributed by atoms with Crippen LogP contribution in [-0.2, 0) is 15.3 Å². The smallest absolute Gasteiger partial charge is 0.238 e. The van der Waals surface area contributed by atoms with Crippen molar-refractivity contribution in [2.24, 2.45) is 0 Å². The summed E-state index contributed by atoms with van der Waals surface area (Å²) in [5.74, 6) is 1.16. The van der Waals surface area contributed by atoms with E-state index in [1.165, 1.54) is 0 Å². The minimum atomic E-state index is 0.0539. The molecular weight excluding hydrogens is 402 g/mol. The fraction of sp³-hybridized carbons (Fsp3) is 0.318. The molecule has 0 aliphatic carbocycles. The molecule has 1 amide bonds. The zero-order chi connectivity index (χ0) is 20.1. The molecule has 0 spiro atoms. The highest BCUT2D eigenvalue weighted by Gasteiger charge is 2.26. The van der Waals surface area contributed by atoms with Crippen molar-refractivity contribution < 1.29 is 9.53 Å². The topological polar surface area (TPSA) is 66.2 Å². The molecule has 29 heavy (non-hydrogen) atoms. The number of anilines is 1. The van der Waals surface area contributed by atoms with Crippen LogP contribution in [0.4, 0.5) is 5.13 Å². The van der Waals surface area contributed by atoms with Crippen molar-refractivity contribution in [3.8, 4) is 6.07 Å². The standard InChI is InChI=1S/C22H21N3O2S2/c23-12-16-7-9-17(10-8-16)14-28-15-21(26)25(13-18-4-3-11-27-18)22-24-19-5-1-2-6-20(19)29-22/h1-2,5-10,18H,3-4,11,13-15H2/t18-/m0/s1. The average Bonchev–Trinajstić information content (AvgIpc) is 3.41. The number of carbonyl (C=O) groups is 1. The van der Waals surface area contributed by atoms with E-state index in [4.69, 9.17) is 10.00 Å². The Morgan fingerprint density at radius 1 is 1.28 bits per heavy atom. The van der Waals surface area contributed by atoms with E-state index in [1.54, 1.807) is 28.0 Å². The molecule has 1 saturated heterocycles. The Kier molecular flexibility index (Phi) is 6.45. The van der Waals surface area contributed by atoms with Crippen LogP contribution < -0.4 is 4.90 Å². The molecule has 7 heteroatoms. The van der Waals surface area contributed by atoms with Crippen LogP contribution in [0.1, 0.15) is 24.0 Å². The van der Waals surface area contributed by atoms with Crippen molar-refractivity contribution in [3.63, 3.8) is 0 Å². The predicted molar refractivity (Wildman–Crippen MR) is 118 cm³/mol. The molecule has 1 aromatic heterocycles. The van der Waals surface area contributed by atoms with E-state index in [9.17, 15) is 4.79 Å². The lowest BCUT2D eigenvalue weighted by Crippen LogP contribution is -2.38. The Balaban J connectivity index is 1.44. The van der Waals surface area contributed by atoms with Crippen LogP contribution in [0.25, 0.3) is 10.2 Å². The number of carbonyl (C=O) groups excluding carboxylic acids is 1. The van der Waals surface area contributed by atoms with Gasteiger partial charge < -0.3 is 4.74 Å². The van der Waals surface area contributed by atoms with Crippen LogP contribution in [0.5, 0.6) is 0 Å². The molecular formula is C22H21N3O2S2. The first kappa shape index (κ1) is 19.9. The Hall–Kier alpha value is -2.40. The largest absolute Gasteiger partial charge is 0.376 e. The van der Waals surface area contributed by atoms with Gasteiger partial charge in [0, 0.05) is 12.4 Å². The Bertz CT molecular complexity index is 987. The zero-order valence-corrected chi connectivity index (χ0v) is 17.5. The number of nitrogens with zero attached hydrogens (tertiary/aromatic N) is 3. The SMILES string of the molecule is N#Cc1ccc(CSCC(=O)N(C[C@@H]2CCCO2)c2nc3ccccc3s2)cc1. The summed E-state index contributed by atoms with van der Waals surface area (Å²) >= 11 is 3.13. The minimum absolute atomic E-state index is 0.0539. The molecule has 0 bridgehead atoms. The van der Waals surface area contributed by atoms with Crippen molar-refractivity contribution >= 4 is 44.4 Å². The molecule has 1 aliphatic heterocycles. The van der Waals surface area contributed by atoms with E-state index in [2.05, 4.69) is 11.1 Å². The predicted octanol–water partition coefficient (Wildman–Crippen LogP) is 4.61.